The lowest BCUT2D eigenvalue weighted by atomic mass is 9.85. The Labute approximate surface area is 277 Å². The molecule has 2 aromatic heterocycles. The Kier molecular flexibility index (Phi) is 15.2. The molecule has 0 saturated carbocycles. The molecule has 5 heteroatoms. The molecule has 43 heavy (non-hydrogen) atoms. The number of hydrogen-bond donors (Lipinski definition) is 2. The molecule has 2 heterocycles. The van der Waals surface area contributed by atoms with Crippen LogP contribution in [-0.4, -0.2) is 11.4 Å². The zero-order chi connectivity index (χ0) is 31.2. The van der Waals surface area contributed by atoms with Crippen LogP contribution in [0.3, 0.4) is 0 Å². The topological polar surface area (TPSA) is 36.2 Å². The highest BCUT2D eigenvalue weighted by atomic mass is 32.1. The number of unbranched alkanes of at least 4 members (excludes halogenated alkanes) is 9. The van der Waals surface area contributed by atoms with Crippen molar-refractivity contribution in [2.45, 2.75) is 143 Å². The molecule has 0 aliphatic heterocycles. The number of nitrogens with one attached hydrogen (secondary N) is 1. The molecular formula is C38H56N2S3. The van der Waals surface area contributed by atoms with Gasteiger partial charge in [-0.3, -0.25) is 5.41 Å². The highest BCUT2D eigenvalue weighted by molar-refractivity contribution is 7.79. The predicted molar refractivity (Wildman–Crippen MR) is 201 cm³/mol. The second kappa shape index (κ2) is 18.3. The van der Waals surface area contributed by atoms with E-state index in [1.807, 2.05) is 22.7 Å². The van der Waals surface area contributed by atoms with Gasteiger partial charge in [-0.25, -0.2) is 4.40 Å². The van der Waals surface area contributed by atoms with Gasteiger partial charge in [0.1, 0.15) is 5.71 Å². The largest absolute Gasteiger partial charge is 0.298 e. The van der Waals surface area contributed by atoms with Crippen LogP contribution in [0.4, 0.5) is 0 Å². The minimum atomic E-state index is 0.135. The van der Waals surface area contributed by atoms with Crippen LogP contribution in [0.2, 0.25) is 0 Å². The fourth-order valence-electron chi connectivity index (χ4n) is 5.68. The normalized spacial score (nSPS) is 15.1. The Morgan fingerprint density at radius 3 is 1.98 bits per heavy atom. The molecule has 236 valence electrons. The Balaban J connectivity index is 1.96. The molecule has 0 unspecified atom stereocenters. The Morgan fingerprint density at radius 1 is 0.767 bits per heavy atom. The first kappa shape index (κ1) is 35.8. The van der Waals surface area contributed by atoms with E-state index in [0.29, 0.717) is 11.4 Å². The van der Waals surface area contributed by atoms with E-state index in [2.05, 4.69) is 95.2 Å². The van der Waals surface area contributed by atoms with Crippen LogP contribution in [0, 0.1) is 5.41 Å². The summed E-state index contributed by atoms with van der Waals surface area (Å²) in [5.74, 6) is 0. The van der Waals surface area contributed by atoms with Crippen molar-refractivity contribution < 1.29 is 0 Å². The lowest BCUT2D eigenvalue weighted by Gasteiger charge is -2.23. The summed E-state index contributed by atoms with van der Waals surface area (Å²) in [6.45, 7) is 13.8. The minimum absolute atomic E-state index is 0.135. The van der Waals surface area contributed by atoms with Crippen molar-refractivity contribution in [1.82, 2.24) is 0 Å². The van der Waals surface area contributed by atoms with Crippen molar-refractivity contribution in [3.8, 4) is 0 Å². The fourth-order valence-corrected chi connectivity index (χ4v) is 8.47. The van der Waals surface area contributed by atoms with E-state index in [-0.39, 0.29) is 5.41 Å². The monoisotopic (exact) mass is 636 g/mol. The van der Waals surface area contributed by atoms with Crippen molar-refractivity contribution in [3.63, 3.8) is 0 Å². The smallest absolute Gasteiger partial charge is 0.105 e. The molecule has 0 spiro atoms. The minimum Gasteiger partial charge on any atom is -0.298 e. The third-order valence-corrected chi connectivity index (χ3v) is 11.8. The van der Waals surface area contributed by atoms with E-state index < -0.39 is 0 Å². The summed E-state index contributed by atoms with van der Waals surface area (Å²) in [5.41, 5.74) is 6.21. The third kappa shape index (κ3) is 9.90. The summed E-state index contributed by atoms with van der Waals surface area (Å²) >= 11 is 8.14. The number of aryl methyl sites for hydroxylation is 2. The van der Waals surface area contributed by atoms with Crippen LogP contribution in [0.15, 0.2) is 34.8 Å². The van der Waals surface area contributed by atoms with Gasteiger partial charge in [0.05, 0.1) is 5.71 Å². The van der Waals surface area contributed by atoms with E-state index in [1.165, 1.54) is 101 Å². The third-order valence-electron chi connectivity index (χ3n) is 8.80. The number of nitrogens with zero attached hydrogens (tertiary/aromatic N) is 1. The van der Waals surface area contributed by atoms with Gasteiger partial charge in [0.2, 0.25) is 0 Å². The first-order valence-electron chi connectivity index (χ1n) is 17.0. The second-order valence-corrected chi connectivity index (χ2v) is 15.0. The first-order chi connectivity index (χ1) is 20.8. The first-order valence-corrected chi connectivity index (χ1v) is 19.0. The Bertz CT molecular complexity index is 1300. The molecule has 0 fully saturated rings. The fraction of sp³-hybridized carbons (Fsp3) is 0.579. The van der Waals surface area contributed by atoms with Crippen molar-refractivity contribution in [2.24, 2.45) is 4.40 Å². The Morgan fingerprint density at radius 2 is 1.35 bits per heavy atom. The molecule has 1 aliphatic carbocycles. The summed E-state index contributed by atoms with van der Waals surface area (Å²) in [7, 11) is 0. The van der Waals surface area contributed by atoms with Gasteiger partial charge in [-0.2, -0.15) is 0 Å². The number of thiol groups is 1. The van der Waals surface area contributed by atoms with Crippen molar-refractivity contribution in [2.75, 3.05) is 0 Å². The molecule has 2 aromatic rings. The van der Waals surface area contributed by atoms with E-state index >= 15 is 0 Å². The van der Waals surface area contributed by atoms with Crippen LogP contribution in [0.1, 0.15) is 156 Å². The van der Waals surface area contributed by atoms with Crippen LogP contribution in [0.5, 0.6) is 0 Å². The molecule has 0 radical (unpaired) electrons. The molecule has 1 aliphatic rings. The quantitative estimate of drug-likeness (QED) is 0.0874. The molecule has 0 atom stereocenters. The predicted octanol–water partition coefficient (Wildman–Crippen LogP) is 13.1. The summed E-state index contributed by atoms with van der Waals surface area (Å²) in [4.78, 5) is 5.23. The lowest BCUT2D eigenvalue weighted by molar-refractivity contribution is 0.510. The molecule has 0 amide bonds. The van der Waals surface area contributed by atoms with Crippen molar-refractivity contribution >= 4 is 64.1 Å². The van der Waals surface area contributed by atoms with E-state index in [0.717, 1.165) is 36.8 Å². The summed E-state index contributed by atoms with van der Waals surface area (Å²) in [5, 5.41) is 9.29. The summed E-state index contributed by atoms with van der Waals surface area (Å²) in [6, 6.07) is 4.74. The van der Waals surface area contributed by atoms with Crippen LogP contribution < -0.4 is 0 Å². The van der Waals surface area contributed by atoms with Gasteiger partial charge in [0.25, 0.3) is 0 Å². The standard InChI is InChI=1S/C38H56N2S3/c1-7-11-14-17-20-23-32-28(21-18-15-12-8-2)26-33(42-32)30-24-25-31(36(40-41)35(30)39)34-27-29(22-19-16-13-9-3)37(43-34)38(5,6)10-4/h20,23-27,39,41H,7-19,21-22H2,1-6H3/b23-20?,39-35?,40-36-. The molecule has 3 rings (SSSR count). The number of hydrogen-bond acceptors (Lipinski definition) is 5. The maximum Gasteiger partial charge on any atom is 0.105 e. The van der Waals surface area contributed by atoms with E-state index in [9.17, 15) is 5.41 Å². The zero-order valence-corrected chi connectivity index (χ0v) is 30.3. The molecule has 0 saturated heterocycles. The molecular weight excluding hydrogens is 581 g/mol. The maximum atomic E-state index is 9.29. The number of thiophene rings is 2. The highest BCUT2D eigenvalue weighted by Gasteiger charge is 2.29. The lowest BCUT2D eigenvalue weighted by Crippen LogP contribution is -2.18. The van der Waals surface area contributed by atoms with Gasteiger partial charge >= 0.3 is 0 Å². The van der Waals surface area contributed by atoms with Gasteiger partial charge in [-0.05, 0) is 92.5 Å². The van der Waals surface area contributed by atoms with Gasteiger partial charge < -0.3 is 0 Å². The van der Waals surface area contributed by atoms with Gasteiger partial charge in [0, 0.05) is 30.7 Å². The second-order valence-electron chi connectivity index (χ2n) is 12.7. The summed E-state index contributed by atoms with van der Waals surface area (Å²) < 4.78 is 4.42. The van der Waals surface area contributed by atoms with Crippen LogP contribution >= 0.6 is 35.5 Å². The average molecular weight is 637 g/mol. The van der Waals surface area contributed by atoms with Crippen molar-refractivity contribution in [3.05, 3.63) is 61.0 Å². The SMILES string of the molecule is CCCCCC=Cc1sc(C2=CC=C(c3cc(CCCCCC)c(C(C)(C)CC)s3)/C(=N/S)C2=N)cc1CCCCCC. The number of allylic oxidation sites excluding steroid dienone is 5. The molecule has 1 N–H and O–H groups in total. The molecule has 0 aromatic carbocycles. The van der Waals surface area contributed by atoms with E-state index in [1.54, 1.807) is 0 Å². The van der Waals surface area contributed by atoms with Crippen LogP contribution in [-0.2, 0) is 18.3 Å². The van der Waals surface area contributed by atoms with Crippen LogP contribution in [0.25, 0.3) is 17.2 Å². The van der Waals surface area contributed by atoms with Gasteiger partial charge in [0.15, 0.2) is 0 Å². The zero-order valence-electron chi connectivity index (χ0n) is 27.8. The van der Waals surface area contributed by atoms with Gasteiger partial charge in [-0.1, -0.05) is 111 Å². The molecule has 2 nitrogen and oxygen atoms in total. The van der Waals surface area contributed by atoms with Gasteiger partial charge in [-0.15, -0.1) is 22.7 Å². The maximum absolute atomic E-state index is 9.29. The Hall–Kier alpha value is -1.69. The van der Waals surface area contributed by atoms with Crippen molar-refractivity contribution in [1.29, 1.82) is 5.41 Å². The molecule has 0 bridgehead atoms. The highest BCUT2D eigenvalue weighted by Crippen LogP contribution is 2.42. The summed E-state index contributed by atoms with van der Waals surface area (Å²) in [6.07, 6.45) is 27.4. The van der Waals surface area contributed by atoms with E-state index in [4.69, 9.17) is 0 Å². The average Bonchev–Trinajstić information content (AvgIpc) is 3.62. The number of rotatable bonds is 19.